The van der Waals surface area contributed by atoms with Gasteiger partial charge in [0, 0.05) is 11.1 Å². The first-order chi connectivity index (χ1) is 15.2. The van der Waals surface area contributed by atoms with Crippen LogP contribution in [0.15, 0.2) is 53.3 Å². The zero-order chi connectivity index (χ0) is 23.0. The van der Waals surface area contributed by atoms with Crippen LogP contribution in [0.1, 0.15) is 58.2 Å². The van der Waals surface area contributed by atoms with E-state index in [2.05, 4.69) is 5.32 Å². The van der Waals surface area contributed by atoms with E-state index in [1.165, 1.54) is 0 Å². The highest BCUT2D eigenvalue weighted by Gasteiger charge is 2.34. The van der Waals surface area contributed by atoms with Crippen molar-refractivity contribution in [2.24, 2.45) is 0 Å². The first kappa shape index (κ1) is 21.7. The summed E-state index contributed by atoms with van der Waals surface area (Å²) in [5.74, 6) is 0.419. The molecule has 1 aliphatic rings. The number of nitrogens with one attached hydrogen (secondary N) is 2. The maximum Gasteiger partial charge on any atom is 0.431 e. The predicted molar refractivity (Wildman–Crippen MR) is 113 cm³/mol. The second kappa shape index (κ2) is 8.18. The number of hydrogen-bond acceptors (Lipinski definition) is 3. The number of aromatic amines is 1. The van der Waals surface area contributed by atoms with E-state index in [1.54, 1.807) is 11.1 Å². The number of aryl methyl sites for hydroxylation is 2. The summed E-state index contributed by atoms with van der Waals surface area (Å²) < 4.78 is 44.7. The number of H-pyrrole nitrogens is 1. The Balaban J connectivity index is 1.77. The predicted octanol–water partition coefficient (Wildman–Crippen LogP) is 5.14. The molecule has 3 aromatic rings. The summed E-state index contributed by atoms with van der Waals surface area (Å²) in [7, 11) is 0. The molecule has 166 valence electrons. The van der Waals surface area contributed by atoms with Gasteiger partial charge < -0.3 is 15.0 Å². The van der Waals surface area contributed by atoms with Gasteiger partial charge in [0.2, 0.25) is 0 Å². The Morgan fingerprint density at radius 2 is 1.84 bits per heavy atom. The lowest BCUT2D eigenvalue weighted by molar-refractivity contribution is -0.141. The molecule has 2 N–H and O–H groups in total. The van der Waals surface area contributed by atoms with Gasteiger partial charge in [0.1, 0.15) is 22.8 Å². The molecule has 1 aliphatic heterocycles. The van der Waals surface area contributed by atoms with Gasteiger partial charge in [-0.1, -0.05) is 38.1 Å². The minimum atomic E-state index is -4.71. The van der Waals surface area contributed by atoms with Crippen molar-refractivity contribution in [3.8, 4) is 11.5 Å². The van der Waals surface area contributed by atoms with Crippen molar-refractivity contribution in [3.63, 3.8) is 0 Å². The Morgan fingerprint density at radius 3 is 2.50 bits per heavy atom. The Hall–Kier alpha value is -3.55. The maximum absolute atomic E-state index is 13.0. The van der Waals surface area contributed by atoms with Crippen molar-refractivity contribution in [1.82, 2.24) is 10.3 Å². The number of rotatable bonds is 4. The molecule has 0 radical (unpaired) electrons. The molecule has 8 heteroatoms. The Morgan fingerprint density at radius 1 is 1.06 bits per heavy atom. The monoisotopic (exact) mass is 442 g/mol. The lowest BCUT2D eigenvalue weighted by Gasteiger charge is -2.31. The molecule has 1 unspecified atom stereocenters. The van der Waals surface area contributed by atoms with E-state index in [4.69, 9.17) is 4.74 Å². The average Bonchev–Trinajstić information content (AvgIpc) is 2.77. The van der Waals surface area contributed by atoms with E-state index in [0.717, 1.165) is 29.2 Å². The topological polar surface area (TPSA) is 71.2 Å². The number of fused-ring (bicyclic) bond motifs is 2. The molecule has 0 saturated heterocycles. The summed E-state index contributed by atoms with van der Waals surface area (Å²) in [6.45, 7) is 3.99. The molecule has 32 heavy (non-hydrogen) atoms. The highest BCUT2D eigenvalue weighted by Crippen LogP contribution is 2.45. The third-order valence-electron chi connectivity index (χ3n) is 5.58. The fraction of sp³-hybridized carbons (Fsp3) is 0.250. The number of hydrogen-bond donors (Lipinski definition) is 2. The van der Waals surface area contributed by atoms with Crippen LogP contribution in [0.4, 0.5) is 13.2 Å². The van der Waals surface area contributed by atoms with Crippen LogP contribution in [0.5, 0.6) is 11.5 Å². The molecule has 1 amide bonds. The number of halogens is 3. The molecule has 2 aromatic carbocycles. The summed E-state index contributed by atoms with van der Waals surface area (Å²) in [6, 6.07) is 12.3. The fourth-order valence-electron chi connectivity index (χ4n) is 3.89. The van der Waals surface area contributed by atoms with Crippen molar-refractivity contribution in [3.05, 3.63) is 92.4 Å². The van der Waals surface area contributed by atoms with E-state index in [0.29, 0.717) is 29.5 Å². The van der Waals surface area contributed by atoms with E-state index < -0.39 is 34.9 Å². The lowest BCUT2D eigenvalue weighted by atomic mass is 9.89. The first-order valence-electron chi connectivity index (χ1n) is 10.3. The molecule has 2 heterocycles. The third-order valence-corrected chi connectivity index (χ3v) is 5.58. The smallest absolute Gasteiger partial charge is 0.431 e. The summed E-state index contributed by atoms with van der Waals surface area (Å²) in [4.78, 5) is 27.0. The number of aromatic nitrogens is 1. The van der Waals surface area contributed by atoms with E-state index in [1.807, 2.05) is 44.2 Å². The van der Waals surface area contributed by atoms with Crippen LogP contribution < -0.4 is 15.6 Å². The molecular formula is C24H21F3N2O3. The van der Waals surface area contributed by atoms with Gasteiger partial charge >= 0.3 is 6.18 Å². The molecule has 0 spiro atoms. The van der Waals surface area contributed by atoms with Crippen molar-refractivity contribution in [2.75, 3.05) is 0 Å². The number of ether oxygens (including phenoxy) is 1. The number of pyridine rings is 1. The van der Waals surface area contributed by atoms with Crippen LogP contribution in [0.2, 0.25) is 0 Å². The number of alkyl halides is 3. The quantitative estimate of drug-likeness (QED) is 0.588. The van der Waals surface area contributed by atoms with Gasteiger partial charge in [0.15, 0.2) is 0 Å². The molecule has 0 fully saturated rings. The first-order valence-corrected chi connectivity index (χ1v) is 10.3. The van der Waals surface area contributed by atoms with E-state index in [9.17, 15) is 22.8 Å². The van der Waals surface area contributed by atoms with Gasteiger partial charge in [-0.05, 0) is 48.2 Å². The van der Waals surface area contributed by atoms with Crippen molar-refractivity contribution >= 4 is 5.91 Å². The highest BCUT2D eigenvalue weighted by atomic mass is 19.4. The van der Waals surface area contributed by atoms with Gasteiger partial charge in [-0.25, -0.2) is 0 Å². The van der Waals surface area contributed by atoms with Crippen LogP contribution in [-0.4, -0.2) is 10.9 Å². The average molecular weight is 442 g/mol. The molecule has 4 rings (SSSR count). The van der Waals surface area contributed by atoms with E-state index in [-0.39, 0.29) is 0 Å². The number of carbonyl (C=O) groups excluding carboxylic acids is 1. The summed E-state index contributed by atoms with van der Waals surface area (Å²) in [5, 5.41) is 2.84. The normalized spacial score (nSPS) is 14.8. The minimum Gasteiger partial charge on any atom is -0.457 e. The Bertz CT molecular complexity index is 1250. The van der Waals surface area contributed by atoms with Crippen LogP contribution in [0.3, 0.4) is 0 Å². The van der Waals surface area contributed by atoms with Crippen LogP contribution >= 0.6 is 0 Å². The second-order valence-electron chi connectivity index (χ2n) is 7.53. The molecule has 0 saturated carbocycles. The van der Waals surface area contributed by atoms with Gasteiger partial charge in [-0.3, -0.25) is 9.59 Å². The zero-order valence-electron chi connectivity index (χ0n) is 17.5. The SMILES string of the molecule is CCc1ccc2c(c1)Oc1cccc(CC)c1C2NC(=O)c1ccc(C(F)(F)F)[nH]c1=O. The Labute approximate surface area is 182 Å². The van der Waals surface area contributed by atoms with Crippen molar-refractivity contribution in [2.45, 2.75) is 38.9 Å². The number of carbonyl (C=O) groups is 1. The van der Waals surface area contributed by atoms with Crippen molar-refractivity contribution < 1.29 is 22.7 Å². The van der Waals surface area contributed by atoms with Crippen LogP contribution in [0.25, 0.3) is 0 Å². The van der Waals surface area contributed by atoms with E-state index >= 15 is 0 Å². The third kappa shape index (κ3) is 3.88. The summed E-state index contributed by atoms with van der Waals surface area (Å²) >= 11 is 0. The minimum absolute atomic E-state index is 0.397. The van der Waals surface area contributed by atoms with Crippen molar-refractivity contribution in [1.29, 1.82) is 0 Å². The summed E-state index contributed by atoms with van der Waals surface area (Å²) in [6.07, 6.45) is -3.22. The molecular weight excluding hydrogens is 421 g/mol. The maximum atomic E-state index is 13.0. The Kier molecular flexibility index (Phi) is 5.54. The second-order valence-corrected chi connectivity index (χ2v) is 7.53. The van der Waals surface area contributed by atoms with Gasteiger partial charge in [-0.2, -0.15) is 13.2 Å². The molecule has 5 nitrogen and oxygen atoms in total. The number of benzene rings is 2. The summed E-state index contributed by atoms with van der Waals surface area (Å²) in [5.41, 5.74) is 0.793. The molecule has 0 aliphatic carbocycles. The van der Waals surface area contributed by atoms with Gasteiger partial charge in [-0.15, -0.1) is 0 Å². The molecule has 1 aromatic heterocycles. The number of amides is 1. The van der Waals surface area contributed by atoms with Crippen LogP contribution in [-0.2, 0) is 19.0 Å². The van der Waals surface area contributed by atoms with Gasteiger partial charge in [0.25, 0.3) is 11.5 Å². The molecule has 1 atom stereocenters. The standard InChI is InChI=1S/C24H21F3N2O3/c1-3-13-8-9-15-18(12-13)32-17-7-5-6-14(4-2)20(17)21(15)29-23(31)16-10-11-19(24(25,26)27)28-22(16)30/h5-12,21H,3-4H2,1-2H3,(H,28,30)(H,29,31). The highest BCUT2D eigenvalue weighted by molar-refractivity contribution is 5.94. The van der Waals surface area contributed by atoms with Gasteiger partial charge in [0.05, 0.1) is 6.04 Å². The molecule has 0 bridgehead atoms. The van der Waals surface area contributed by atoms with Crippen LogP contribution in [0, 0.1) is 0 Å². The zero-order valence-corrected chi connectivity index (χ0v) is 17.5. The lowest BCUT2D eigenvalue weighted by Crippen LogP contribution is -2.35. The largest absolute Gasteiger partial charge is 0.457 e. The fourth-order valence-corrected chi connectivity index (χ4v) is 3.89.